The molecule has 0 aliphatic carbocycles. The Labute approximate surface area is 273 Å². The van der Waals surface area contributed by atoms with Gasteiger partial charge in [-0.25, -0.2) is 8.42 Å². The van der Waals surface area contributed by atoms with Crippen molar-refractivity contribution in [1.82, 2.24) is 4.57 Å². The summed E-state index contributed by atoms with van der Waals surface area (Å²) in [4.78, 5) is 14.2. The van der Waals surface area contributed by atoms with E-state index in [0.717, 1.165) is 47.0 Å². The lowest BCUT2D eigenvalue weighted by Gasteiger charge is -2.29. The molecule has 3 atom stereocenters. The fourth-order valence-electron chi connectivity index (χ4n) is 7.38. The van der Waals surface area contributed by atoms with Crippen LogP contribution in [0.3, 0.4) is 0 Å². The van der Waals surface area contributed by atoms with Gasteiger partial charge in [-0.2, -0.15) is 0 Å². The van der Waals surface area contributed by atoms with Gasteiger partial charge in [0.05, 0.1) is 23.9 Å². The van der Waals surface area contributed by atoms with Crippen LogP contribution in [-0.4, -0.2) is 48.4 Å². The van der Waals surface area contributed by atoms with Gasteiger partial charge in [-0.3, -0.25) is 9.10 Å². The first-order valence-corrected chi connectivity index (χ1v) is 18.0. The number of aromatic nitrogens is 1. The molecule has 1 N–H and O–H groups in total. The van der Waals surface area contributed by atoms with Crippen LogP contribution in [0.4, 0.5) is 5.69 Å². The van der Waals surface area contributed by atoms with Crippen molar-refractivity contribution in [3.63, 3.8) is 0 Å². The molecule has 244 valence electrons. The lowest BCUT2D eigenvalue weighted by atomic mass is 9.82. The summed E-state index contributed by atoms with van der Waals surface area (Å²) < 4.78 is 35.6. The maximum Gasteiger partial charge on any atom is 0.241 e. The molecule has 7 nitrogen and oxygen atoms in total. The number of aliphatic hydroxyl groups is 1. The second-order valence-electron chi connectivity index (χ2n) is 13.9. The second-order valence-corrected chi connectivity index (χ2v) is 16.5. The summed E-state index contributed by atoms with van der Waals surface area (Å²) in [5.41, 5.74) is 6.37. The smallest absolute Gasteiger partial charge is 0.241 e. The number of benzene rings is 3. The van der Waals surface area contributed by atoms with Gasteiger partial charge in [0.15, 0.2) is 5.78 Å². The highest BCUT2D eigenvalue weighted by atomic mass is 32.2. The molecule has 2 aliphatic heterocycles. The molecule has 8 heteroatoms. The Balaban J connectivity index is 1.30. The van der Waals surface area contributed by atoms with E-state index in [2.05, 4.69) is 32.0 Å². The number of Topliss-reactive ketones (excluding diaryl/α,β-unsaturated/α-hetero) is 1. The first kappa shape index (κ1) is 32.3. The third-order valence-corrected chi connectivity index (χ3v) is 12.6. The first-order chi connectivity index (χ1) is 21.9. The molecule has 3 aromatic carbocycles. The Bertz CT molecular complexity index is 1860. The lowest BCUT2D eigenvalue weighted by molar-refractivity contribution is 0.0730. The van der Waals surface area contributed by atoms with Crippen molar-refractivity contribution in [2.75, 3.05) is 18.0 Å². The molecule has 0 bridgehead atoms. The SMILES string of the molecule is CCc1cn2c3c(cc(C(=O)C[C@@H](Cc4ccccc4)[C@H](O)CC[C@H]4CCOc5cc(C)ccc54)cc13)N(C)S(=O)(=O)C(C)(C)C2. The molecule has 0 fully saturated rings. The third kappa shape index (κ3) is 5.97. The molecule has 3 heterocycles. The Morgan fingerprint density at radius 1 is 1.11 bits per heavy atom. The van der Waals surface area contributed by atoms with E-state index in [0.29, 0.717) is 43.2 Å². The standard InChI is InChI=1S/C38H46N2O5S/c1-6-27-23-40-24-38(3,4)46(43,44)39(5)33-21-30(20-32(27)37(33)40)35(42)22-29(19-26-10-8-7-9-11-26)34(41)15-13-28-16-17-45-36-18-25(2)12-14-31(28)36/h7-12,14,18,20-21,23,28-29,34,41H,6,13,15-17,19,22,24H2,1-5H3/t28-,29+,34+/m0/s1. The predicted molar refractivity (Wildman–Crippen MR) is 185 cm³/mol. The van der Waals surface area contributed by atoms with Gasteiger partial charge in [-0.15, -0.1) is 0 Å². The van der Waals surface area contributed by atoms with Crippen molar-refractivity contribution in [2.24, 2.45) is 5.92 Å². The normalized spacial score (nSPS) is 19.6. The molecule has 1 aromatic heterocycles. The molecule has 0 saturated carbocycles. The lowest BCUT2D eigenvalue weighted by Crippen LogP contribution is -2.44. The number of anilines is 1. The molecule has 4 aromatic rings. The van der Waals surface area contributed by atoms with Gasteiger partial charge in [-0.05, 0) is 105 Å². The first-order valence-electron chi connectivity index (χ1n) is 16.5. The molecule has 0 radical (unpaired) electrons. The Kier molecular flexibility index (Phi) is 8.81. The molecule has 2 aliphatic rings. The Hall–Kier alpha value is -3.62. The van der Waals surface area contributed by atoms with E-state index >= 15 is 0 Å². The minimum absolute atomic E-state index is 0.0888. The maximum absolute atomic E-state index is 14.2. The van der Waals surface area contributed by atoms with Gasteiger partial charge in [-0.1, -0.05) is 49.4 Å². The van der Waals surface area contributed by atoms with Gasteiger partial charge in [0.2, 0.25) is 10.0 Å². The van der Waals surface area contributed by atoms with Crippen molar-refractivity contribution in [2.45, 2.75) is 89.5 Å². The number of rotatable bonds is 10. The fourth-order valence-corrected chi connectivity index (χ4v) is 8.82. The number of ether oxygens (including phenoxy) is 1. The third-order valence-electron chi connectivity index (χ3n) is 10.2. The highest BCUT2D eigenvalue weighted by Gasteiger charge is 2.42. The van der Waals surface area contributed by atoms with Gasteiger partial charge in [0.1, 0.15) is 10.5 Å². The number of hydrogen-bond acceptors (Lipinski definition) is 5. The van der Waals surface area contributed by atoms with E-state index in [1.54, 1.807) is 27.0 Å². The van der Waals surface area contributed by atoms with E-state index < -0.39 is 20.9 Å². The number of aryl methyl sites for hydroxylation is 2. The largest absolute Gasteiger partial charge is 0.493 e. The average Bonchev–Trinajstić information content (AvgIpc) is 3.36. The number of sulfonamides is 1. The van der Waals surface area contributed by atoms with E-state index in [1.165, 1.54) is 15.4 Å². The van der Waals surface area contributed by atoms with E-state index in [4.69, 9.17) is 4.74 Å². The van der Waals surface area contributed by atoms with Gasteiger partial charge >= 0.3 is 0 Å². The number of hydrogen-bond donors (Lipinski definition) is 1. The quantitative estimate of drug-likeness (QED) is 0.185. The van der Waals surface area contributed by atoms with E-state index in [9.17, 15) is 18.3 Å². The van der Waals surface area contributed by atoms with Crippen LogP contribution in [0.2, 0.25) is 0 Å². The topological polar surface area (TPSA) is 88.8 Å². The van der Waals surface area contributed by atoms with Crippen LogP contribution < -0.4 is 9.04 Å². The van der Waals surface area contributed by atoms with Crippen molar-refractivity contribution in [1.29, 1.82) is 0 Å². The summed E-state index contributed by atoms with van der Waals surface area (Å²) in [6.07, 6.45) is 5.15. The van der Waals surface area contributed by atoms with Gasteiger partial charge < -0.3 is 14.4 Å². The number of aliphatic hydroxyl groups excluding tert-OH is 1. The molecule has 0 saturated heterocycles. The highest BCUT2D eigenvalue weighted by molar-refractivity contribution is 7.94. The van der Waals surface area contributed by atoms with Crippen LogP contribution in [0.1, 0.15) is 85.0 Å². The van der Waals surface area contributed by atoms with Crippen molar-refractivity contribution in [3.05, 3.63) is 94.7 Å². The molecule has 6 rings (SSSR count). The summed E-state index contributed by atoms with van der Waals surface area (Å²) in [6.45, 7) is 8.64. The van der Waals surface area contributed by atoms with Crippen molar-refractivity contribution in [3.8, 4) is 5.75 Å². The molecular weight excluding hydrogens is 596 g/mol. The number of carbonyl (C=O) groups is 1. The van der Waals surface area contributed by atoms with Crippen LogP contribution in [0.15, 0.2) is 66.9 Å². The van der Waals surface area contributed by atoms with Crippen LogP contribution >= 0.6 is 0 Å². The molecule has 0 spiro atoms. The number of carbonyl (C=O) groups excluding carboxylic acids is 1. The number of nitrogens with zero attached hydrogens (tertiary/aromatic N) is 2. The summed E-state index contributed by atoms with van der Waals surface area (Å²) in [6, 6.07) is 20.0. The molecule has 0 amide bonds. The summed E-state index contributed by atoms with van der Waals surface area (Å²) in [7, 11) is -2.10. The molecular formula is C38H46N2O5S. The van der Waals surface area contributed by atoms with E-state index in [-0.39, 0.29) is 18.1 Å². The zero-order valence-corrected chi connectivity index (χ0v) is 28.4. The average molecular weight is 643 g/mol. The van der Waals surface area contributed by atoms with Crippen LogP contribution in [-0.2, 0) is 29.4 Å². The monoisotopic (exact) mass is 642 g/mol. The summed E-state index contributed by atoms with van der Waals surface area (Å²) >= 11 is 0. The van der Waals surface area contributed by atoms with Gasteiger partial charge in [0, 0.05) is 37.2 Å². The van der Waals surface area contributed by atoms with Crippen molar-refractivity contribution < 1.29 is 23.1 Å². The Morgan fingerprint density at radius 2 is 1.87 bits per heavy atom. The summed E-state index contributed by atoms with van der Waals surface area (Å²) in [5, 5.41) is 12.6. The Morgan fingerprint density at radius 3 is 2.61 bits per heavy atom. The van der Waals surface area contributed by atoms with E-state index in [1.807, 2.05) is 47.2 Å². The number of fused-ring (bicyclic) bond motifs is 1. The van der Waals surface area contributed by atoms with Crippen LogP contribution in [0, 0.1) is 12.8 Å². The minimum Gasteiger partial charge on any atom is -0.493 e. The maximum atomic E-state index is 14.2. The zero-order chi connectivity index (χ0) is 32.8. The number of ketones is 1. The van der Waals surface area contributed by atoms with Crippen LogP contribution in [0.25, 0.3) is 10.9 Å². The predicted octanol–water partition coefficient (Wildman–Crippen LogP) is 7.21. The summed E-state index contributed by atoms with van der Waals surface area (Å²) in [5.74, 6) is 0.851. The van der Waals surface area contributed by atoms with Gasteiger partial charge in [0.25, 0.3) is 0 Å². The minimum atomic E-state index is -3.69. The second kappa shape index (κ2) is 12.5. The fraction of sp³-hybridized carbons (Fsp3) is 0.447. The molecule has 46 heavy (non-hydrogen) atoms. The van der Waals surface area contributed by atoms with Crippen LogP contribution in [0.5, 0.6) is 5.75 Å². The van der Waals surface area contributed by atoms with Crippen molar-refractivity contribution >= 4 is 32.4 Å². The zero-order valence-electron chi connectivity index (χ0n) is 27.6. The molecule has 0 unspecified atom stereocenters. The highest BCUT2D eigenvalue weighted by Crippen LogP contribution is 2.41.